The SMILES string of the molecule is CCCCN(C)c1ncnc(Nc2cc(C)ccc2C)c1N. The van der Waals surface area contributed by atoms with Gasteiger partial charge in [0.2, 0.25) is 0 Å². The van der Waals surface area contributed by atoms with Gasteiger partial charge in [0.05, 0.1) is 0 Å². The van der Waals surface area contributed by atoms with Gasteiger partial charge < -0.3 is 16.0 Å². The molecule has 2 aromatic rings. The lowest BCUT2D eigenvalue weighted by atomic mass is 10.1. The fourth-order valence-electron chi connectivity index (χ4n) is 2.29. The second-order valence-corrected chi connectivity index (χ2v) is 5.68. The molecule has 0 bridgehead atoms. The van der Waals surface area contributed by atoms with Crippen LogP contribution in [0, 0.1) is 13.8 Å². The molecular weight excluding hydrogens is 274 g/mol. The van der Waals surface area contributed by atoms with Crippen molar-refractivity contribution in [3.05, 3.63) is 35.7 Å². The van der Waals surface area contributed by atoms with Crippen LogP contribution in [-0.2, 0) is 0 Å². The minimum Gasteiger partial charge on any atom is -0.393 e. The van der Waals surface area contributed by atoms with E-state index in [4.69, 9.17) is 5.73 Å². The third-order valence-corrected chi connectivity index (χ3v) is 3.72. The highest BCUT2D eigenvalue weighted by Gasteiger charge is 2.12. The molecule has 5 nitrogen and oxygen atoms in total. The Hall–Kier alpha value is -2.30. The summed E-state index contributed by atoms with van der Waals surface area (Å²) < 4.78 is 0. The third kappa shape index (κ3) is 3.67. The Balaban J connectivity index is 2.27. The first-order valence-electron chi connectivity index (χ1n) is 7.68. The Labute approximate surface area is 132 Å². The highest BCUT2D eigenvalue weighted by molar-refractivity contribution is 5.78. The number of benzene rings is 1. The van der Waals surface area contributed by atoms with Crippen molar-refractivity contribution in [2.75, 3.05) is 29.5 Å². The minimum atomic E-state index is 0.585. The molecule has 22 heavy (non-hydrogen) atoms. The largest absolute Gasteiger partial charge is 0.393 e. The Morgan fingerprint density at radius 1 is 1.23 bits per heavy atom. The number of hydrogen-bond acceptors (Lipinski definition) is 5. The van der Waals surface area contributed by atoms with Crippen molar-refractivity contribution in [3.63, 3.8) is 0 Å². The van der Waals surface area contributed by atoms with Gasteiger partial charge in [0.15, 0.2) is 11.6 Å². The molecule has 0 spiro atoms. The highest BCUT2D eigenvalue weighted by atomic mass is 15.2. The van der Waals surface area contributed by atoms with Crippen LogP contribution in [0.25, 0.3) is 0 Å². The van der Waals surface area contributed by atoms with Crippen LogP contribution in [0.3, 0.4) is 0 Å². The van der Waals surface area contributed by atoms with Gasteiger partial charge in [-0.05, 0) is 37.5 Å². The van der Waals surface area contributed by atoms with Crippen LogP contribution in [0.15, 0.2) is 24.5 Å². The number of nitrogens with two attached hydrogens (primary N) is 1. The van der Waals surface area contributed by atoms with Gasteiger partial charge in [-0.25, -0.2) is 9.97 Å². The molecule has 0 fully saturated rings. The standard InChI is InChI=1S/C17H25N5/c1-5-6-9-22(4)17-15(18)16(19-11-20-17)21-14-10-12(2)7-8-13(14)3/h7-8,10-11H,5-6,9,18H2,1-4H3,(H,19,20,21). The number of anilines is 4. The van der Waals surface area contributed by atoms with Crippen LogP contribution in [0.5, 0.6) is 0 Å². The summed E-state index contributed by atoms with van der Waals surface area (Å²) in [6, 6.07) is 6.27. The molecular formula is C17H25N5. The summed E-state index contributed by atoms with van der Waals surface area (Å²) in [5, 5.41) is 3.33. The van der Waals surface area contributed by atoms with Crippen LogP contribution in [0.1, 0.15) is 30.9 Å². The van der Waals surface area contributed by atoms with Gasteiger partial charge in [0.25, 0.3) is 0 Å². The van der Waals surface area contributed by atoms with Crippen molar-refractivity contribution in [1.29, 1.82) is 0 Å². The lowest BCUT2D eigenvalue weighted by molar-refractivity contribution is 0.759. The summed E-state index contributed by atoms with van der Waals surface area (Å²) in [7, 11) is 2.01. The average Bonchev–Trinajstić information content (AvgIpc) is 2.50. The zero-order valence-electron chi connectivity index (χ0n) is 13.8. The van der Waals surface area contributed by atoms with E-state index in [0.29, 0.717) is 11.5 Å². The number of aryl methyl sites for hydroxylation is 2. The molecule has 1 heterocycles. The summed E-state index contributed by atoms with van der Waals surface area (Å²) in [5.41, 5.74) is 10.2. The van der Waals surface area contributed by atoms with Crippen LogP contribution >= 0.6 is 0 Å². The van der Waals surface area contributed by atoms with E-state index < -0.39 is 0 Å². The van der Waals surface area contributed by atoms with E-state index >= 15 is 0 Å². The summed E-state index contributed by atoms with van der Waals surface area (Å²) in [6.07, 6.45) is 3.81. The van der Waals surface area contributed by atoms with Crippen molar-refractivity contribution >= 4 is 23.0 Å². The molecule has 0 radical (unpaired) electrons. The Bertz CT molecular complexity index is 639. The number of nitrogens with zero attached hydrogens (tertiary/aromatic N) is 3. The van der Waals surface area contributed by atoms with Gasteiger partial charge in [0.1, 0.15) is 12.0 Å². The van der Waals surface area contributed by atoms with E-state index in [1.54, 1.807) is 6.33 Å². The van der Waals surface area contributed by atoms with Gasteiger partial charge in [0, 0.05) is 19.3 Å². The first-order valence-corrected chi connectivity index (χ1v) is 7.68. The normalized spacial score (nSPS) is 10.5. The van der Waals surface area contributed by atoms with E-state index in [-0.39, 0.29) is 0 Å². The summed E-state index contributed by atoms with van der Waals surface area (Å²) >= 11 is 0. The maximum atomic E-state index is 6.26. The molecule has 1 aromatic heterocycles. The summed E-state index contributed by atoms with van der Waals surface area (Å²) in [4.78, 5) is 10.7. The molecule has 0 aliphatic carbocycles. The molecule has 0 aliphatic heterocycles. The van der Waals surface area contributed by atoms with E-state index in [1.807, 2.05) is 7.05 Å². The molecule has 0 aliphatic rings. The predicted molar refractivity (Wildman–Crippen MR) is 93.8 cm³/mol. The highest BCUT2D eigenvalue weighted by Crippen LogP contribution is 2.29. The molecule has 0 saturated heterocycles. The molecule has 3 N–H and O–H groups in total. The van der Waals surface area contributed by atoms with Crippen LogP contribution in [0.2, 0.25) is 0 Å². The molecule has 2 rings (SSSR count). The van der Waals surface area contributed by atoms with Crippen LogP contribution in [-0.4, -0.2) is 23.6 Å². The summed E-state index contributed by atoms with van der Waals surface area (Å²) in [6.45, 7) is 7.23. The Morgan fingerprint density at radius 3 is 2.73 bits per heavy atom. The van der Waals surface area contributed by atoms with Gasteiger partial charge in [-0.3, -0.25) is 0 Å². The maximum absolute atomic E-state index is 6.26. The smallest absolute Gasteiger partial charge is 0.159 e. The van der Waals surface area contributed by atoms with Crippen molar-refractivity contribution in [3.8, 4) is 0 Å². The van der Waals surface area contributed by atoms with Gasteiger partial charge in [-0.2, -0.15) is 0 Å². The van der Waals surface area contributed by atoms with Crippen molar-refractivity contribution in [2.24, 2.45) is 0 Å². The lowest BCUT2D eigenvalue weighted by Gasteiger charge is -2.21. The fraction of sp³-hybridized carbons (Fsp3) is 0.412. The monoisotopic (exact) mass is 299 g/mol. The summed E-state index contributed by atoms with van der Waals surface area (Å²) in [5.74, 6) is 1.43. The first-order chi connectivity index (χ1) is 10.5. The Morgan fingerprint density at radius 2 is 2.00 bits per heavy atom. The second-order valence-electron chi connectivity index (χ2n) is 5.68. The molecule has 0 saturated carbocycles. The number of rotatable bonds is 6. The third-order valence-electron chi connectivity index (χ3n) is 3.72. The van der Waals surface area contributed by atoms with Gasteiger partial charge >= 0.3 is 0 Å². The molecule has 118 valence electrons. The second kappa shape index (κ2) is 7.11. The number of nitrogens with one attached hydrogen (secondary N) is 1. The topological polar surface area (TPSA) is 67.1 Å². The molecule has 0 unspecified atom stereocenters. The Kier molecular flexibility index (Phi) is 5.20. The molecule has 0 amide bonds. The number of aromatic nitrogens is 2. The zero-order chi connectivity index (χ0) is 16.1. The molecule has 5 heteroatoms. The van der Waals surface area contributed by atoms with E-state index in [9.17, 15) is 0 Å². The molecule has 1 aromatic carbocycles. The first kappa shape index (κ1) is 16.1. The lowest BCUT2D eigenvalue weighted by Crippen LogP contribution is -2.21. The van der Waals surface area contributed by atoms with Crippen molar-refractivity contribution < 1.29 is 0 Å². The fourth-order valence-corrected chi connectivity index (χ4v) is 2.29. The maximum Gasteiger partial charge on any atom is 0.159 e. The quantitative estimate of drug-likeness (QED) is 0.852. The zero-order valence-corrected chi connectivity index (χ0v) is 13.8. The van der Waals surface area contributed by atoms with Gasteiger partial charge in [-0.1, -0.05) is 25.5 Å². The average molecular weight is 299 g/mol. The van der Waals surface area contributed by atoms with E-state index in [2.05, 4.69) is 59.2 Å². The van der Waals surface area contributed by atoms with Crippen molar-refractivity contribution in [1.82, 2.24) is 9.97 Å². The number of hydrogen-bond donors (Lipinski definition) is 2. The van der Waals surface area contributed by atoms with E-state index in [1.165, 1.54) is 5.56 Å². The van der Waals surface area contributed by atoms with Crippen molar-refractivity contribution in [2.45, 2.75) is 33.6 Å². The number of nitrogen functional groups attached to an aromatic ring is 1. The van der Waals surface area contributed by atoms with Crippen LogP contribution < -0.4 is 16.0 Å². The van der Waals surface area contributed by atoms with Gasteiger partial charge in [-0.15, -0.1) is 0 Å². The molecule has 0 atom stereocenters. The minimum absolute atomic E-state index is 0.585. The number of unbranched alkanes of at least 4 members (excludes halogenated alkanes) is 1. The van der Waals surface area contributed by atoms with Crippen LogP contribution in [0.4, 0.5) is 23.0 Å². The predicted octanol–water partition coefficient (Wildman–Crippen LogP) is 3.66. The van der Waals surface area contributed by atoms with E-state index in [0.717, 1.165) is 36.5 Å².